The third-order valence-electron chi connectivity index (χ3n) is 4.11. The number of anilines is 1. The Labute approximate surface area is 144 Å². The van der Waals surface area contributed by atoms with Gasteiger partial charge in [0.25, 0.3) is 10.0 Å². The van der Waals surface area contributed by atoms with Gasteiger partial charge in [-0.15, -0.1) is 0 Å². The first-order valence-electron chi connectivity index (χ1n) is 8.32. The van der Waals surface area contributed by atoms with Crippen molar-refractivity contribution in [1.82, 2.24) is 0 Å². The summed E-state index contributed by atoms with van der Waals surface area (Å²) in [6.45, 7) is 2.18. The fourth-order valence-electron chi connectivity index (χ4n) is 2.54. The molecule has 0 aliphatic rings. The molecule has 0 aromatic heterocycles. The lowest BCUT2D eigenvalue weighted by atomic mass is 10.1. The van der Waals surface area contributed by atoms with Crippen molar-refractivity contribution >= 4 is 15.7 Å². The van der Waals surface area contributed by atoms with Crippen molar-refractivity contribution in [2.45, 2.75) is 43.9 Å². The van der Waals surface area contributed by atoms with Gasteiger partial charge in [0.2, 0.25) is 0 Å². The summed E-state index contributed by atoms with van der Waals surface area (Å²) in [5.74, 6) is 0.108. The van der Waals surface area contributed by atoms with E-state index in [1.54, 1.807) is 24.3 Å². The van der Waals surface area contributed by atoms with E-state index in [9.17, 15) is 13.5 Å². The van der Waals surface area contributed by atoms with E-state index >= 15 is 0 Å². The molecule has 0 bridgehead atoms. The zero-order valence-corrected chi connectivity index (χ0v) is 15.1. The molecule has 0 aliphatic heterocycles. The smallest absolute Gasteiger partial charge is 0.264 e. The number of aryl methyl sites for hydroxylation is 1. The first-order valence-corrected chi connectivity index (χ1v) is 9.76. The Morgan fingerprint density at radius 3 is 2.12 bits per heavy atom. The topological polar surface area (TPSA) is 57.6 Å². The molecule has 2 aromatic rings. The largest absolute Gasteiger partial charge is 0.508 e. The molecule has 0 fully saturated rings. The first-order chi connectivity index (χ1) is 11.4. The molecule has 2 rings (SSSR count). The van der Waals surface area contributed by atoms with E-state index in [1.807, 2.05) is 12.1 Å². The average Bonchev–Trinajstić information content (AvgIpc) is 2.59. The number of hydrogen-bond acceptors (Lipinski definition) is 3. The number of sulfonamides is 1. The van der Waals surface area contributed by atoms with Gasteiger partial charge in [-0.2, -0.15) is 0 Å². The lowest BCUT2D eigenvalue weighted by Gasteiger charge is -2.19. The van der Waals surface area contributed by atoms with Crippen molar-refractivity contribution in [2.24, 2.45) is 0 Å². The van der Waals surface area contributed by atoms with E-state index < -0.39 is 10.0 Å². The minimum Gasteiger partial charge on any atom is -0.508 e. The van der Waals surface area contributed by atoms with E-state index in [-0.39, 0.29) is 10.6 Å². The molecule has 24 heavy (non-hydrogen) atoms. The average molecular weight is 347 g/mol. The molecule has 1 N–H and O–H groups in total. The van der Waals surface area contributed by atoms with E-state index in [0.717, 1.165) is 18.4 Å². The van der Waals surface area contributed by atoms with Crippen molar-refractivity contribution in [3.8, 4) is 5.75 Å². The zero-order valence-electron chi connectivity index (χ0n) is 14.3. The highest BCUT2D eigenvalue weighted by atomic mass is 32.2. The second-order valence-electron chi connectivity index (χ2n) is 5.94. The zero-order chi connectivity index (χ0) is 17.6. The van der Waals surface area contributed by atoms with Crippen LogP contribution in [-0.4, -0.2) is 20.6 Å². The van der Waals surface area contributed by atoms with Crippen LogP contribution in [-0.2, 0) is 16.4 Å². The van der Waals surface area contributed by atoms with Crippen LogP contribution in [0, 0.1) is 0 Å². The number of unbranched alkanes of at least 4 members (excludes halogenated alkanes) is 3. The number of phenols is 1. The standard InChI is InChI=1S/C19H25NO3S/c1-3-4-5-6-7-16-8-14-19(15-9-16)24(22,23)20(2)17-10-12-18(21)13-11-17/h8-15,21H,3-7H2,1-2H3. The quantitative estimate of drug-likeness (QED) is 0.723. The van der Waals surface area contributed by atoms with Crippen molar-refractivity contribution in [1.29, 1.82) is 0 Å². The number of nitrogens with zero attached hydrogens (tertiary/aromatic N) is 1. The van der Waals surface area contributed by atoms with Gasteiger partial charge < -0.3 is 5.11 Å². The number of rotatable bonds is 8. The van der Waals surface area contributed by atoms with Crippen LogP contribution in [0.3, 0.4) is 0 Å². The Hall–Kier alpha value is -2.01. The maximum atomic E-state index is 12.7. The predicted molar refractivity (Wildman–Crippen MR) is 98.0 cm³/mol. The van der Waals surface area contributed by atoms with Crippen LogP contribution in [0.5, 0.6) is 5.75 Å². The Morgan fingerprint density at radius 1 is 0.917 bits per heavy atom. The minimum atomic E-state index is -3.60. The summed E-state index contributed by atoms with van der Waals surface area (Å²) in [4.78, 5) is 0.274. The van der Waals surface area contributed by atoms with Gasteiger partial charge in [0.15, 0.2) is 0 Å². The van der Waals surface area contributed by atoms with Gasteiger partial charge >= 0.3 is 0 Å². The number of aromatic hydroxyl groups is 1. The van der Waals surface area contributed by atoms with Gasteiger partial charge in [0, 0.05) is 7.05 Å². The fraction of sp³-hybridized carbons (Fsp3) is 0.368. The van der Waals surface area contributed by atoms with Gasteiger partial charge in [0.1, 0.15) is 5.75 Å². The van der Waals surface area contributed by atoms with Crippen molar-refractivity contribution in [3.63, 3.8) is 0 Å². The highest BCUT2D eigenvalue weighted by Gasteiger charge is 2.21. The highest BCUT2D eigenvalue weighted by molar-refractivity contribution is 7.92. The minimum absolute atomic E-state index is 0.108. The van der Waals surface area contributed by atoms with Crippen LogP contribution in [0.15, 0.2) is 53.4 Å². The molecule has 130 valence electrons. The summed E-state index contributed by atoms with van der Waals surface area (Å²) in [5, 5.41) is 9.33. The molecule has 2 aromatic carbocycles. The molecular formula is C19H25NO3S. The maximum absolute atomic E-state index is 12.7. The van der Waals surface area contributed by atoms with Gasteiger partial charge in [-0.3, -0.25) is 4.31 Å². The third kappa shape index (κ3) is 4.51. The molecule has 0 unspecified atom stereocenters. The maximum Gasteiger partial charge on any atom is 0.264 e. The molecule has 0 saturated carbocycles. The second kappa shape index (κ2) is 8.20. The number of phenolic OH excluding ortho intramolecular Hbond substituents is 1. The Bertz CT molecular complexity index is 737. The SMILES string of the molecule is CCCCCCc1ccc(S(=O)(=O)N(C)c2ccc(O)cc2)cc1. The lowest BCUT2D eigenvalue weighted by Crippen LogP contribution is -2.26. The Balaban J connectivity index is 2.10. The van der Waals surface area contributed by atoms with E-state index in [4.69, 9.17) is 0 Å². The summed E-state index contributed by atoms with van der Waals surface area (Å²) in [6, 6.07) is 13.2. The van der Waals surface area contributed by atoms with Gasteiger partial charge in [-0.25, -0.2) is 8.42 Å². The van der Waals surface area contributed by atoms with Gasteiger partial charge in [0.05, 0.1) is 10.6 Å². The monoisotopic (exact) mass is 347 g/mol. The molecule has 5 heteroatoms. The van der Waals surface area contributed by atoms with Crippen LogP contribution in [0.4, 0.5) is 5.69 Å². The summed E-state index contributed by atoms with van der Waals surface area (Å²) >= 11 is 0. The molecule has 0 heterocycles. The number of hydrogen-bond donors (Lipinski definition) is 1. The highest BCUT2D eigenvalue weighted by Crippen LogP contribution is 2.24. The van der Waals surface area contributed by atoms with E-state index in [2.05, 4.69) is 6.92 Å². The van der Waals surface area contributed by atoms with Crippen molar-refractivity contribution in [3.05, 3.63) is 54.1 Å². The van der Waals surface area contributed by atoms with Crippen LogP contribution >= 0.6 is 0 Å². The van der Waals surface area contributed by atoms with Crippen molar-refractivity contribution < 1.29 is 13.5 Å². The fourth-order valence-corrected chi connectivity index (χ4v) is 3.74. The Kier molecular flexibility index (Phi) is 6.26. The third-order valence-corrected chi connectivity index (χ3v) is 5.91. The van der Waals surface area contributed by atoms with Crippen LogP contribution in [0.1, 0.15) is 38.2 Å². The van der Waals surface area contributed by atoms with Gasteiger partial charge in [-0.05, 0) is 54.8 Å². The number of benzene rings is 2. The lowest BCUT2D eigenvalue weighted by molar-refractivity contribution is 0.475. The van der Waals surface area contributed by atoms with Gasteiger partial charge in [-0.1, -0.05) is 38.3 Å². The molecule has 0 spiro atoms. The predicted octanol–water partition coefficient (Wildman–Crippen LogP) is 4.34. The summed E-state index contributed by atoms with van der Waals surface area (Å²) in [5.41, 5.74) is 1.67. The van der Waals surface area contributed by atoms with E-state index in [1.165, 1.54) is 42.7 Å². The molecule has 0 saturated heterocycles. The summed E-state index contributed by atoms with van der Waals surface area (Å²) in [7, 11) is -2.08. The van der Waals surface area contributed by atoms with Crippen LogP contribution in [0.25, 0.3) is 0 Å². The molecule has 4 nitrogen and oxygen atoms in total. The van der Waals surface area contributed by atoms with Crippen LogP contribution < -0.4 is 4.31 Å². The summed E-state index contributed by atoms with van der Waals surface area (Å²) < 4.78 is 26.6. The summed E-state index contributed by atoms with van der Waals surface area (Å²) in [6.07, 6.45) is 5.77. The molecular weight excluding hydrogens is 322 g/mol. The molecule has 0 radical (unpaired) electrons. The van der Waals surface area contributed by atoms with Crippen molar-refractivity contribution in [2.75, 3.05) is 11.4 Å². The molecule has 0 amide bonds. The second-order valence-corrected chi connectivity index (χ2v) is 7.91. The molecule has 0 atom stereocenters. The first kappa shape index (κ1) is 18.3. The van der Waals surface area contributed by atoms with E-state index in [0.29, 0.717) is 5.69 Å². The normalized spacial score (nSPS) is 11.4. The Morgan fingerprint density at radius 2 is 1.54 bits per heavy atom. The molecule has 0 aliphatic carbocycles. The van der Waals surface area contributed by atoms with Crippen LogP contribution in [0.2, 0.25) is 0 Å².